The van der Waals surface area contributed by atoms with E-state index in [1.165, 1.54) is 0 Å². The van der Waals surface area contributed by atoms with E-state index in [1.54, 1.807) is 23.3 Å². The van der Waals surface area contributed by atoms with Gasteiger partial charge in [-0.25, -0.2) is 4.39 Å². The molecule has 0 bridgehead atoms. The van der Waals surface area contributed by atoms with Gasteiger partial charge in [-0.3, -0.25) is 24.1 Å². The van der Waals surface area contributed by atoms with Crippen LogP contribution in [0.5, 0.6) is 0 Å². The van der Waals surface area contributed by atoms with Gasteiger partial charge < -0.3 is 4.90 Å². The number of pyridine rings is 2. The number of hydrogen-bond acceptors (Lipinski definition) is 6. The summed E-state index contributed by atoms with van der Waals surface area (Å²) in [6.07, 6.45) is 12.8. The van der Waals surface area contributed by atoms with Gasteiger partial charge in [0.1, 0.15) is 6.67 Å². The topological polar surface area (TPSA) is 81.7 Å². The predicted octanol–water partition coefficient (Wildman–Crippen LogP) is 3.26. The summed E-state index contributed by atoms with van der Waals surface area (Å²) in [6, 6.07) is 4.21. The summed E-state index contributed by atoms with van der Waals surface area (Å²) < 4.78 is 16.2. The molecule has 0 unspecified atom stereocenters. The Bertz CT molecular complexity index is 1270. The molecule has 0 aliphatic carbocycles. The van der Waals surface area contributed by atoms with Crippen LogP contribution in [0.15, 0.2) is 49.3 Å². The van der Waals surface area contributed by atoms with Crippen molar-refractivity contribution in [2.45, 2.75) is 25.3 Å². The van der Waals surface area contributed by atoms with Crippen LogP contribution in [0.4, 0.5) is 4.39 Å². The molecule has 33 heavy (non-hydrogen) atoms. The van der Waals surface area contributed by atoms with Crippen LogP contribution in [0.1, 0.15) is 34.9 Å². The molecule has 9 heteroatoms. The standard InChI is InChI=1S/C24H26FN7O/c1-30-15-19(12-28-30)18-8-17-9-21(26-14-23(17)27-11-18)10-24(33)20-13-29-32(16-20)22-2-5-31(6-3-22)7-4-25/h8-9,11-16,22H,2-7,10H2,1H3. The highest BCUT2D eigenvalue weighted by Crippen LogP contribution is 2.24. The molecule has 0 radical (unpaired) electrons. The molecule has 1 fully saturated rings. The minimum Gasteiger partial charge on any atom is -0.301 e. The van der Waals surface area contributed by atoms with Crippen LogP contribution in [-0.4, -0.2) is 66.5 Å². The van der Waals surface area contributed by atoms with E-state index < -0.39 is 0 Å². The molecule has 8 nitrogen and oxygen atoms in total. The maximum absolute atomic E-state index is 12.9. The number of nitrogens with zero attached hydrogens (tertiary/aromatic N) is 7. The predicted molar refractivity (Wildman–Crippen MR) is 123 cm³/mol. The number of aryl methyl sites for hydroxylation is 1. The molecule has 5 heterocycles. The molecule has 1 aliphatic rings. The first kappa shape index (κ1) is 21.4. The van der Waals surface area contributed by atoms with Crippen molar-refractivity contribution in [3.05, 3.63) is 60.6 Å². The average Bonchev–Trinajstić information content (AvgIpc) is 3.49. The monoisotopic (exact) mass is 447 g/mol. The van der Waals surface area contributed by atoms with Crippen LogP contribution in [0.25, 0.3) is 22.0 Å². The second kappa shape index (κ2) is 9.19. The maximum atomic E-state index is 12.9. The second-order valence-corrected chi connectivity index (χ2v) is 8.57. The van der Waals surface area contributed by atoms with Gasteiger partial charge in [-0.2, -0.15) is 10.2 Å². The highest BCUT2D eigenvalue weighted by molar-refractivity contribution is 5.97. The number of alkyl halides is 1. The van der Waals surface area contributed by atoms with Gasteiger partial charge in [0, 0.05) is 67.5 Å². The summed E-state index contributed by atoms with van der Waals surface area (Å²) in [4.78, 5) is 24.0. The van der Waals surface area contributed by atoms with Crippen molar-refractivity contribution in [3.63, 3.8) is 0 Å². The van der Waals surface area contributed by atoms with Crippen molar-refractivity contribution in [1.29, 1.82) is 0 Å². The van der Waals surface area contributed by atoms with Crippen LogP contribution in [0.2, 0.25) is 0 Å². The summed E-state index contributed by atoms with van der Waals surface area (Å²) >= 11 is 0. The van der Waals surface area contributed by atoms with E-state index in [2.05, 4.69) is 25.1 Å². The van der Waals surface area contributed by atoms with E-state index in [4.69, 9.17) is 0 Å². The molecule has 0 saturated carbocycles. The third kappa shape index (κ3) is 4.68. The number of ketones is 1. The quantitative estimate of drug-likeness (QED) is 0.405. The summed E-state index contributed by atoms with van der Waals surface area (Å²) in [7, 11) is 1.88. The molecule has 0 aromatic carbocycles. The van der Waals surface area contributed by atoms with Crippen molar-refractivity contribution >= 4 is 16.7 Å². The molecular formula is C24H26FN7O. The number of likely N-dealkylation sites (tertiary alicyclic amines) is 1. The molecule has 5 rings (SSSR count). The van der Waals surface area contributed by atoms with Gasteiger partial charge >= 0.3 is 0 Å². The summed E-state index contributed by atoms with van der Waals surface area (Å²) in [5, 5.41) is 9.59. The summed E-state index contributed by atoms with van der Waals surface area (Å²) in [5.41, 5.74) is 4.03. The fourth-order valence-electron chi connectivity index (χ4n) is 4.38. The number of hydrogen-bond donors (Lipinski definition) is 0. The van der Waals surface area contributed by atoms with Crippen LogP contribution in [-0.2, 0) is 13.5 Å². The first-order valence-corrected chi connectivity index (χ1v) is 11.2. The van der Waals surface area contributed by atoms with Crippen LogP contribution < -0.4 is 0 Å². The van der Waals surface area contributed by atoms with Gasteiger partial charge in [-0.1, -0.05) is 0 Å². The van der Waals surface area contributed by atoms with Crippen molar-refractivity contribution in [1.82, 2.24) is 34.4 Å². The molecule has 0 atom stereocenters. The average molecular weight is 448 g/mol. The lowest BCUT2D eigenvalue weighted by atomic mass is 10.0. The van der Waals surface area contributed by atoms with Gasteiger partial charge in [-0.15, -0.1) is 0 Å². The Hall–Kier alpha value is -3.46. The van der Waals surface area contributed by atoms with E-state index in [9.17, 15) is 9.18 Å². The van der Waals surface area contributed by atoms with Crippen molar-refractivity contribution < 1.29 is 9.18 Å². The number of halogens is 1. The maximum Gasteiger partial charge on any atom is 0.171 e. The minimum absolute atomic E-state index is 0.0145. The molecule has 170 valence electrons. The van der Waals surface area contributed by atoms with Crippen LogP contribution in [0.3, 0.4) is 0 Å². The van der Waals surface area contributed by atoms with Crippen molar-refractivity contribution in [2.24, 2.45) is 7.05 Å². The molecule has 0 amide bonds. The lowest BCUT2D eigenvalue weighted by Crippen LogP contribution is -2.36. The largest absolute Gasteiger partial charge is 0.301 e. The SMILES string of the molecule is Cn1cc(-c2cnc3cnc(CC(=O)c4cnn(C5CCN(CCF)CC5)c4)cc3c2)cn1. The number of rotatable bonds is 7. The number of carbonyl (C=O) groups excluding carboxylic acids is 1. The third-order valence-electron chi connectivity index (χ3n) is 6.26. The number of carbonyl (C=O) groups is 1. The number of piperidine rings is 1. The Morgan fingerprint density at radius 1 is 1.03 bits per heavy atom. The van der Waals surface area contributed by atoms with Gasteiger partial charge in [0.25, 0.3) is 0 Å². The Kier molecular flexibility index (Phi) is 5.95. The highest BCUT2D eigenvalue weighted by atomic mass is 19.1. The lowest BCUT2D eigenvalue weighted by Gasteiger charge is -2.31. The van der Waals surface area contributed by atoms with E-state index in [0.717, 1.165) is 48.0 Å². The summed E-state index contributed by atoms with van der Waals surface area (Å²) in [6.45, 7) is 1.89. The van der Waals surface area contributed by atoms with Gasteiger partial charge in [0.15, 0.2) is 5.78 Å². The Balaban J connectivity index is 1.28. The van der Waals surface area contributed by atoms with Crippen molar-refractivity contribution in [3.8, 4) is 11.1 Å². The highest BCUT2D eigenvalue weighted by Gasteiger charge is 2.22. The zero-order valence-electron chi connectivity index (χ0n) is 18.6. The Morgan fingerprint density at radius 2 is 1.88 bits per heavy atom. The molecule has 4 aromatic heterocycles. The van der Waals surface area contributed by atoms with Crippen LogP contribution >= 0.6 is 0 Å². The fourth-order valence-corrected chi connectivity index (χ4v) is 4.38. The Morgan fingerprint density at radius 3 is 2.64 bits per heavy atom. The molecule has 0 spiro atoms. The minimum atomic E-state index is -0.311. The van der Waals surface area contributed by atoms with Crippen LogP contribution in [0, 0.1) is 0 Å². The van der Waals surface area contributed by atoms with E-state index in [-0.39, 0.29) is 24.9 Å². The normalized spacial score (nSPS) is 15.3. The fraction of sp³-hybridized carbons (Fsp3) is 0.375. The zero-order chi connectivity index (χ0) is 22.8. The molecule has 4 aromatic rings. The number of Topliss-reactive ketones (excluding diaryl/α,β-unsaturated/α-hetero) is 1. The molecular weight excluding hydrogens is 421 g/mol. The summed E-state index contributed by atoms with van der Waals surface area (Å²) in [5.74, 6) is -0.0145. The second-order valence-electron chi connectivity index (χ2n) is 8.57. The Labute approximate surface area is 191 Å². The van der Waals surface area contributed by atoms with E-state index >= 15 is 0 Å². The van der Waals surface area contributed by atoms with Gasteiger partial charge in [0.05, 0.1) is 42.1 Å². The smallest absolute Gasteiger partial charge is 0.171 e. The van der Waals surface area contributed by atoms with E-state index in [1.807, 2.05) is 42.5 Å². The molecule has 1 saturated heterocycles. The number of fused-ring (bicyclic) bond motifs is 1. The molecule has 0 N–H and O–H groups in total. The first-order chi connectivity index (χ1) is 16.1. The van der Waals surface area contributed by atoms with Crippen molar-refractivity contribution in [2.75, 3.05) is 26.3 Å². The zero-order valence-corrected chi connectivity index (χ0v) is 18.6. The lowest BCUT2D eigenvalue weighted by molar-refractivity contribution is 0.0991. The first-order valence-electron chi connectivity index (χ1n) is 11.2. The third-order valence-corrected chi connectivity index (χ3v) is 6.26. The van der Waals surface area contributed by atoms with Gasteiger partial charge in [-0.05, 0) is 25.0 Å². The van der Waals surface area contributed by atoms with Gasteiger partial charge in [0.2, 0.25) is 0 Å². The van der Waals surface area contributed by atoms with E-state index in [0.29, 0.717) is 17.8 Å². The number of aromatic nitrogens is 6. The molecule has 1 aliphatic heterocycles.